The van der Waals surface area contributed by atoms with Crippen LogP contribution in [0.1, 0.15) is 23.1 Å². The van der Waals surface area contributed by atoms with Crippen LogP contribution in [-0.2, 0) is 29.1 Å². The molecule has 1 saturated heterocycles. The van der Waals surface area contributed by atoms with Gasteiger partial charge in [0, 0.05) is 12.0 Å². The van der Waals surface area contributed by atoms with Gasteiger partial charge in [-0.15, -0.1) is 0 Å². The third kappa shape index (κ3) is 2.74. The van der Waals surface area contributed by atoms with E-state index in [0.717, 1.165) is 25.1 Å². The Morgan fingerprint density at radius 3 is 2.46 bits per heavy atom. The number of nitrogens with zero attached hydrogens (tertiary/aromatic N) is 1. The smallest absolute Gasteiger partial charge is 0.288 e. The van der Waals surface area contributed by atoms with Crippen molar-refractivity contribution in [2.45, 2.75) is 32.0 Å². The van der Waals surface area contributed by atoms with E-state index in [9.17, 15) is 9.59 Å². The molecule has 1 fully saturated rings. The first-order valence-electron chi connectivity index (χ1n) is 8.52. The number of benzene rings is 2. The predicted molar refractivity (Wildman–Crippen MR) is 90.1 cm³/mol. The average molecular weight is 321 g/mol. The highest BCUT2D eigenvalue weighted by Crippen LogP contribution is 2.17. The highest BCUT2D eigenvalue weighted by molar-refractivity contribution is 6.04. The van der Waals surface area contributed by atoms with E-state index in [1.54, 1.807) is 0 Å². The molecule has 2 aromatic rings. The van der Waals surface area contributed by atoms with E-state index in [0.29, 0.717) is 13.0 Å². The molecule has 0 bridgehead atoms. The van der Waals surface area contributed by atoms with Gasteiger partial charge in [-0.25, -0.2) is 0 Å². The van der Waals surface area contributed by atoms with E-state index in [-0.39, 0.29) is 17.9 Å². The Morgan fingerprint density at radius 2 is 1.67 bits per heavy atom. The maximum atomic E-state index is 12.8. The number of imide groups is 1. The SMILES string of the molecule is O=C1C[C@@H]([NH+]2CCc3ccccc3C2)C(=O)N1Cc1ccccc1. The highest BCUT2D eigenvalue weighted by atomic mass is 16.2. The Kier molecular flexibility index (Phi) is 3.90. The zero-order chi connectivity index (χ0) is 16.5. The van der Waals surface area contributed by atoms with Crippen LogP contribution in [-0.4, -0.2) is 29.3 Å². The number of rotatable bonds is 3. The number of hydrogen-bond donors (Lipinski definition) is 1. The van der Waals surface area contributed by atoms with Crippen molar-refractivity contribution in [3.8, 4) is 0 Å². The second-order valence-electron chi connectivity index (χ2n) is 6.66. The molecule has 2 atom stereocenters. The minimum Gasteiger partial charge on any atom is -0.320 e. The summed E-state index contributed by atoms with van der Waals surface area (Å²) in [6.07, 6.45) is 1.31. The second-order valence-corrected chi connectivity index (χ2v) is 6.66. The van der Waals surface area contributed by atoms with Crippen molar-refractivity contribution in [3.05, 3.63) is 71.3 Å². The normalized spacial score (nSPS) is 23.4. The summed E-state index contributed by atoms with van der Waals surface area (Å²) in [5.74, 6) is -0.0570. The summed E-state index contributed by atoms with van der Waals surface area (Å²) in [6, 6.07) is 17.9. The Labute approximate surface area is 141 Å². The van der Waals surface area contributed by atoms with Gasteiger partial charge in [0.2, 0.25) is 5.91 Å². The maximum absolute atomic E-state index is 12.8. The van der Waals surface area contributed by atoms with Gasteiger partial charge in [-0.05, 0) is 11.1 Å². The molecule has 2 amide bonds. The second kappa shape index (κ2) is 6.21. The molecule has 24 heavy (non-hydrogen) atoms. The summed E-state index contributed by atoms with van der Waals surface area (Å²) in [4.78, 5) is 27.9. The minimum atomic E-state index is -0.227. The van der Waals surface area contributed by atoms with Gasteiger partial charge < -0.3 is 4.90 Å². The van der Waals surface area contributed by atoms with Gasteiger partial charge >= 0.3 is 0 Å². The van der Waals surface area contributed by atoms with E-state index < -0.39 is 0 Å². The monoisotopic (exact) mass is 321 g/mol. The number of fused-ring (bicyclic) bond motifs is 1. The Bertz CT molecular complexity index is 772. The van der Waals surface area contributed by atoms with Crippen molar-refractivity contribution >= 4 is 11.8 Å². The molecule has 2 aromatic carbocycles. The number of likely N-dealkylation sites (tertiary alicyclic amines) is 1. The quantitative estimate of drug-likeness (QED) is 0.856. The molecule has 2 aliphatic heterocycles. The minimum absolute atomic E-state index is 0.0155. The predicted octanol–water partition coefficient (Wildman–Crippen LogP) is 0.955. The molecule has 0 aliphatic carbocycles. The molecule has 4 nitrogen and oxygen atoms in total. The first kappa shape index (κ1) is 15.1. The molecule has 0 saturated carbocycles. The molecular weight excluding hydrogens is 300 g/mol. The van der Waals surface area contributed by atoms with Crippen molar-refractivity contribution in [2.24, 2.45) is 0 Å². The van der Waals surface area contributed by atoms with E-state index >= 15 is 0 Å². The van der Waals surface area contributed by atoms with Gasteiger partial charge in [0.05, 0.1) is 19.5 Å². The number of carbonyl (C=O) groups is 2. The van der Waals surface area contributed by atoms with Crippen LogP contribution in [0.3, 0.4) is 0 Å². The van der Waals surface area contributed by atoms with Crippen LogP contribution in [0, 0.1) is 0 Å². The summed E-state index contributed by atoms with van der Waals surface area (Å²) in [6.45, 7) is 2.14. The first-order valence-corrected chi connectivity index (χ1v) is 8.52. The van der Waals surface area contributed by atoms with Crippen LogP contribution < -0.4 is 4.90 Å². The lowest BCUT2D eigenvalue weighted by molar-refractivity contribution is -0.930. The lowest BCUT2D eigenvalue weighted by atomic mass is 9.98. The van der Waals surface area contributed by atoms with Crippen molar-refractivity contribution in [2.75, 3.05) is 6.54 Å². The topological polar surface area (TPSA) is 41.8 Å². The fourth-order valence-electron chi connectivity index (χ4n) is 3.83. The molecule has 4 heteroatoms. The molecule has 122 valence electrons. The molecule has 1 unspecified atom stereocenters. The van der Waals surface area contributed by atoms with Gasteiger partial charge in [-0.2, -0.15) is 0 Å². The Morgan fingerprint density at radius 1 is 0.958 bits per heavy atom. The first-order chi connectivity index (χ1) is 11.7. The van der Waals surface area contributed by atoms with Gasteiger partial charge in [0.15, 0.2) is 6.04 Å². The molecule has 2 aliphatic rings. The van der Waals surface area contributed by atoms with Gasteiger partial charge in [-0.1, -0.05) is 54.6 Å². The molecule has 0 aromatic heterocycles. The summed E-state index contributed by atoms with van der Waals surface area (Å²) >= 11 is 0. The van der Waals surface area contributed by atoms with Gasteiger partial charge in [0.1, 0.15) is 6.54 Å². The summed E-state index contributed by atoms with van der Waals surface area (Å²) in [5.41, 5.74) is 3.68. The summed E-state index contributed by atoms with van der Waals surface area (Å²) in [5, 5.41) is 0. The molecule has 2 heterocycles. The lowest BCUT2D eigenvalue weighted by Crippen LogP contribution is -3.16. The number of hydrogen-bond acceptors (Lipinski definition) is 2. The highest BCUT2D eigenvalue weighted by Gasteiger charge is 2.45. The van der Waals surface area contributed by atoms with Crippen molar-refractivity contribution < 1.29 is 14.5 Å². The fraction of sp³-hybridized carbons (Fsp3) is 0.300. The molecule has 0 spiro atoms. The van der Waals surface area contributed by atoms with Crippen molar-refractivity contribution in [1.29, 1.82) is 0 Å². The van der Waals surface area contributed by atoms with E-state index in [2.05, 4.69) is 18.2 Å². The van der Waals surface area contributed by atoms with E-state index in [1.807, 2.05) is 36.4 Å². The average Bonchev–Trinajstić information content (AvgIpc) is 2.90. The van der Waals surface area contributed by atoms with Gasteiger partial charge in [-0.3, -0.25) is 14.5 Å². The summed E-state index contributed by atoms with van der Waals surface area (Å²) in [7, 11) is 0. The van der Waals surface area contributed by atoms with Crippen molar-refractivity contribution in [3.63, 3.8) is 0 Å². The van der Waals surface area contributed by atoms with Crippen LogP contribution in [0.4, 0.5) is 0 Å². The summed E-state index contributed by atoms with van der Waals surface area (Å²) < 4.78 is 0. The van der Waals surface area contributed by atoms with Gasteiger partial charge in [0.25, 0.3) is 5.91 Å². The number of amides is 2. The number of nitrogens with one attached hydrogen (secondary N) is 1. The van der Waals surface area contributed by atoms with E-state index in [4.69, 9.17) is 0 Å². The Balaban J connectivity index is 1.50. The maximum Gasteiger partial charge on any atom is 0.288 e. The number of quaternary nitrogens is 1. The van der Waals surface area contributed by atoms with Crippen molar-refractivity contribution in [1.82, 2.24) is 4.90 Å². The zero-order valence-corrected chi connectivity index (χ0v) is 13.6. The number of carbonyl (C=O) groups excluding carboxylic acids is 2. The third-order valence-corrected chi connectivity index (χ3v) is 5.17. The lowest BCUT2D eigenvalue weighted by Gasteiger charge is -2.29. The molecule has 1 N–H and O–H groups in total. The largest absolute Gasteiger partial charge is 0.320 e. The molecule has 4 rings (SSSR count). The van der Waals surface area contributed by atoms with Crippen LogP contribution in [0.15, 0.2) is 54.6 Å². The Hall–Kier alpha value is -2.46. The molecule has 0 radical (unpaired) electrons. The van der Waals surface area contributed by atoms with Crippen LogP contribution >= 0.6 is 0 Å². The fourth-order valence-corrected chi connectivity index (χ4v) is 3.83. The molecular formula is C20H21N2O2+. The third-order valence-electron chi connectivity index (χ3n) is 5.17. The standard InChI is InChI=1S/C20H20N2O2/c23-19-12-18(20(24)22(19)13-15-6-2-1-3-7-15)21-11-10-16-8-4-5-9-17(16)14-21/h1-9,18H,10-14H2/p+1/t18-/m1/s1. The van der Waals surface area contributed by atoms with Crippen LogP contribution in [0.2, 0.25) is 0 Å². The van der Waals surface area contributed by atoms with Crippen LogP contribution in [0.25, 0.3) is 0 Å². The zero-order valence-electron chi connectivity index (χ0n) is 13.6. The van der Waals surface area contributed by atoms with Crippen LogP contribution in [0.5, 0.6) is 0 Å². The van der Waals surface area contributed by atoms with E-state index in [1.165, 1.54) is 20.9 Å².